The molecule has 0 aromatic heterocycles. The van der Waals surface area contributed by atoms with Gasteiger partial charge in [-0.15, -0.1) is 0 Å². The van der Waals surface area contributed by atoms with Gasteiger partial charge in [0, 0.05) is 5.69 Å². The number of nitrogens with one attached hydrogen (secondary N) is 1. The fourth-order valence-corrected chi connectivity index (χ4v) is 1.30. The lowest BCUT2D eigenvalue weighted by Crippen LogP contribution is -2.14. The van der Waals surface area contributed by atoms with E-state index >= 15 is 0 Å². The van der Waals surface area contributed by atoms with Crippen molar-refractivity contribution >= 4 is 40.6 Å². The Labute approximate surface area is 97.4 Å². The number of anilines is 1. The molecule has 1 N–H and O–H groups in total. The standard InChI is InChI=1S/C10H9Cl2NO2/c1-6(14)4-10(15)13-7-2-3-8(11)9(12)5-7/h2-3,5H,4H2,1H3,(H,13,15). The molecule has 0 saturated carbocycles. The second-order valence-corrected chi connectivity index (χ2v) is 3.87. The maximum absolute atomic E-state index is 11.2. The molecule has 1 rings (SSSR count). The van der Waals surface area contributed by atoms with Gasteiger partial charge in [0.05, 0.1) is 16.5 Å². The second kappa shape index (κ2) is 5.14. The Kier molecular flexibility index (Phi) is 4.12. The quantitative estimate of drug-likeness (QED) is 0.833. The van der Waals surface area contributed by atoms with Gasteiger partial charge in [0.1, 0.15) is 5.78 Å². The first-order valence-electron chi connectivity index (χ1n) is 4.23. The number of ketones is 1. The molecule has 15 heavy (non-hydrogen) atoms. The molecule has 0 heterocycles. The van der Waals surface area contributed by atoms with E-state index < -0.39 is 0 Å². The highest BCUT2D eigenvalue weighted by Gasteiger charge is 2.06. The van der Waals surface area contributed by atoms with Crippen LogP contribution in [0.1, 0.15) is 13.3 Å². The van der Waals surface area contributed by atoms with Crippen LogP contribution in [0.4, 0.5) is 5.69 Å². The van der Waals surface area contributed by atoms with Crippen molar-refractivity contribution in [2.45, 2.75) is 13.3 Å². The third kappa shape index (κ3) is 3.90. The fraction of sp³-hybridized carbons (Fsp3) is 0.200. The van der Waals surface area contributed by atoms with Gasteiger partial charge in [0.15, 0.2) is 0 Å². The van der Waals surface area contributed by atoms with E-state index in [1.165, 1.54) is 13.0 Å². The van der Waals surface area contributed by atoms with Gasteiger partial charge in [0.2, 0.25) is 5.91 Å². The average Bonchev–Trinajstić information content (AvgIpc) is 2.10. The molecule has 80 valence electrons. The van der Waals surface area contributed by atoms with Gasteiger partial charge in [-0.05, 0) is 25.1 Å². The summed E-state index contributed by atoms with van der Waals surface area (Å²) in [4.78, 5) is 21.9. The summed E-state index contributed by atoms with van der Waals surface area (Å²) < 4.78 is 0. The highest BCUT2D eigenvalue weighted by Crippen LogP contribution is 2.24. The van der Waals surface area contributed by atoms with Crippen LogP contribution in [-0.4, -0.2) is 11.7 Å². The van der Waals surface area contributed by atoms with Gasteiger partial charge in [0.25, 0.3) is 0 Å². The molecule has 0 bridgehead atoms. The number of rotatable bonds is 3. The molecule has 0 aliphatic heterocycles. The molecule has 0 radical (unpaired) electrons. The Morgan fingerprint density at radius 2 is 1.93 bits per heavy atom. The summed E-state index contributed by atoms with van der Waals surface area (Å²) in [6.07, 6.45) is -0.139. The monoisotopic (exact) mass is 245 g/mol. The first-order chi connectivity index (χ1) is 6.99. The third-order valence-corrected chi connectivity index (χ3v) is 2.35. The van der Waals surface area contributed by atoms with Crippen LogP contribution in [0.25, 0.3) is 0 Å². The second-order valence-electron chi connectivity index (χ2n) is 3.06. The van der Waals surface area contributed by atoms with E-state index in [1.807, 2.05) is 0 Å². The molecule has 0 saturated heterocycles. The number of halogens is 2. The maximum atomic E-state index is 11.2. The largest absolute Gasteiger partial charge is 0.326 e. The number of hydrogen-bond donors (Lipinski definition) is 1. The number of benzene rings is 1. The summed E-state index contributed by atoms with van der Waals surface area (Å²) in [6.45, 7) is 1.36. The zero-order valence-corrected chi connectivity index (χ0v) is 9.52. The Morgan fingerprint density at radius 1 is 1.27 bits per heavy atom. The van der Waals surface area contributed by atoms with Crippen LogP contribution in [-0.2, 0) is 9.59 Å². The zero-order valence-electron chi connectivity index (χ0n) is 8.01. The minimum atomic E-state index is -0.360. The molecule has 3 nitrogen and oxygen atoms in total. The van der Waals surface area contributed by atoms with Crippen molar-refractivity contribution in [1.82, 2.24) is 0 Å². The number of hydrogen-bond acceptors (Lipinski definition) is 2. The van der Waals surface area contributed by atoms with E-state index in [4.69, 9.17) is 23.2 Å². The lowest BCUT2D eigenvalue weighted by molar-refractivity contribution is -0.124. The van der Waals surface area contributed by atoms with Crippen molar-refractivity contribution in [3.8, 4) is 0 Å². The fourth-order valence-electron chi connectivity index (χ4n) is 1.01. The van der Waals surface area contributed by atoms with Gasteiger partial charge in [-0.3, -0.25) is 9.59 Å². The first kappa shape index (κ1) is 12.0. The van der Waals surface area contributed by atoms with Crippen LogP contribution in [0.2, 0.25) is 10.0 Å². The topological polar surface area (TPSA) is 46.2 Å². The molecular formula is C10H9Cl2NO2. The van der Waals surface area contributed by atoms with Gasteiger partial charge < -0.3 is 5.32 Å². The average molecular weight is 246 g/mol. The summed E-state index contributed by atoms with van der Waals surface area (Å²) in [7, 11) is 0. The van der Waals surface area contributed by atoms with E-state index in [0.29, 0.717) is 15.7 Å². The van der Waals surface area contributed by atoms with E-state index in [2.05, 4.69) is 5.32 Å². The SMILES string of the molecule is CC(=O)CC(=O)Nc1ccc(Cl)c(Cl)c1. The summed E-state index contributed by atoms with van der Waals surface area (Å²) in [6, 6.07) is 4.72. The minimum Gasteiger partial charge on any atom is -0.326 e. The Bertz CT molecular complexity index is 404. The van der Waals surface area contributed by atoms with E-state index in [0.717, 1.165) is 0 Å². The Balaban J connectivity index is 2.69. The normalized spacial score (nSPS) is 9.80. The molecule has 0 aliphatic carbocycles. The van der Waals surface area contributed by atoms with Gasteiger partial charge in [-0.1, -0.05) is 23.2 Å². The van der Waals surface area contributed by atoms with Gasteiger partial charge >= 0.3 is 0 Å². The lowest BCUT2D eigenvalue weighted by Gasteiger charge is -2.04. The first-order valence-corrected chi connectivity index (χ1v) is 4.99. The molecule has 1 amide bonds. The summed E-state index contributed by atoms with van der Waals surface area (Å²) >= 11 is 11.5. The molecule has 5 heteroatoms. The Morgan fingerprint density at radius 3 is 2.47 bits per heavy atom. The number of carbonyl (C=O) groups excluding carboxylic acids is 2. The van der Waals surface area contributed by atoms with E-state index in [9.17, 15) is 9.59 Å². The number of amides is 1. The van der Waals surface area contributed by atoms with Crippen LogP contribution in [0.5, 0.6) is 0 Å². The molecule has 0 atom stereocenters. The zero-order chi connectivity index (χ0) is 11.4. The minimum absolute atomic E-state index is 0.139. The summed E-state index contributed by atoms with van der Waals surface area (Å²) in [5.74, 6) is -0.548. The van der Waals surface area contributed by atoms with Crippen LogP contribution in [0.3, 0.4) is 0 Å². The Hall–Kier alpha value is -1.06. The summed E-state index contributed by atoms with van der Waals surface area (Å²) in [5, 5.41) is 3.31. The lowest BCUT2D eigenvalue weighted by atomic mass is 10.2. The van der Waals surface area contributed by atoms with Crippen LogP contribution in [0.15, 0.2) is 18.2 Å². The molecule has 1 aromatic carbocycles. The summed E-state index contributed by atoms with van der Waals surface area (Å²) in [5.41, 5.74) is 0.524. The van der Waals surface area contributed by atoms with Crippen LogP contribution >= 0.6 is 23.2 Å². The third-order valence-electron chi connectivity index (χ3n) is 1.61. The molecule has 0 fully saturated rings. The highest BCUT2D eigenvalue weighted by molar-refractivity contribution is 6.42. The number of Topliss-reactive ketones (excluding diaryl/α,β-unsaturated/α-hetero) is 1. The molecule has 0 unspecified atom stereocenters. The smallest absolute Gasteiger partial charge is 0.231 e. The van der Waals surface area contributed by atoms with Crippen molar-refractivity contribution in [2.75, 3.05) is 5.32 Å². The maximum Gasteiger partial charge on any atom is 0.231 e. The highest BCUT2D eigenvalue weighted by atomic mass is 35.5. The van der Waals surface area contributed by atoms with Gasteiger partial charge in [-0.2, -0.15) is 0 Å². The van der Waals surface area contributed by atoms with Crippen molar-refractivity contribution in [1.29, 1.82) is 0 Å². The van der Waals surface area contributed by atoms with Gasteiger partial charge in [-0.25, -0.2) is 0 Å². The van der Waals surface area contributed by atoms with Crippen LogP contribution in [0, 0.1) is 0 Å². The van der Waals surface area contributed by atoms with Crippen molar-refractivity contribution < 1.29 is 9.59 Å². The molecule has 0 aliphatic rings. The number of carbonyl (C=O) groups is 2. The van der Waals surface area contributed by atoms with Crippen molar-refractivity contribution in [3.63, 3.8) is 0 Å². The molecular weight excluding hydrogens is 237 g/mol. The van der Waals surface area contributed by atoms with E-state index in [1.54, 1.807) is 12.1 Å². The molecule has 0 spiro atoms. The van der Waals surface area contributed by atoms with Crippen molar-refractivity contribution in [2.24, 2.45) is 0 Å². The predicted molar refractivity (Wildman–Crippen MR) is 60.4 cm³/mol. The van der Waals surface area contributed by atoms with Crippen molar-refractivity contribution in [3.05, 3.63) is 28.2 Å². The van der Waals surface area contributed by atoms with E-state index in [-0.39, 0.29) is 18.1 Å². The molecule has 1 aromatic rings. The predicted octanol–water partition coefficient (Wildman–Crippen LogP) is 2.91. The van der Waals surface area contributed by atoms with Crippen LogP contribution < -0.4 is 5.32 Å².